The van der Waals surface area contributed by atoms with E-state index in [0.29, 0.717) is 27.5 Å². The summed E-state index contributed by atoms with van der Waals surface area (Å²) in [6.45, 7) is 3.57. The van der Waals surface area contributed by atoms with Crippen molar-refractivity contribution in [1.29, 1.82) is 0 Å². The minimum absolute atomic E-state index is 0.309. The molecule has 0 saturated carbocycles. The number of benzene rings is 2. The second-order valence-corrected chi connectivity index (χ2v) is 5.63. The molecule has 0 unspecified atom stereocenters. The third-order valence-electron chi connectivity index (χ3n) is 3.72. The van der Waals surface area contributed by atoms with Crippen LogP contribution in [0.4, 0.5) is 0 Å². The van der Waals surface area contributed by atoms with Crippen molar-refractivity contribution < 1.29 is 13.9 Å². The van der Waals surface area contributed by atoms with Crippen LogP contribution in [0.1, 0.15) is 21.5 Å². The van der Waals surface area contributed by atoms with Crippen LogP contribution in [0.25, 0.3) is 11.0 Å². The summed E-state index contributed by atoms with van der Waals surface area (Å²) in [4.78, 5) is 23.8. The van der Waals surface area contributed by atoms with Gasteiger partial charge in [0.15, 0.2) is 0 Å². The molecule has 116 valence electrons. The van der Waals surface area contributed by atoms with Gasteiger partial charge in [-0.15, -0.1) is 0 Å². The third kappa shape index (κ3) is 2.98. The molecule has 1 heterocycles. The van der Waals surface area contributed by atoms with Crippen molar-refractivity contribution in [2.24, 2.45) is 0 Å². The van der Waals surface area contributed by atoms with Crippen molar-refractivity contribution in [3.8, 4) is 5.75 Å². The first-order chi connectivity index (χ1) is 11.0. The van der Waals surface area contributed by atoms with Crippen molar-refractivity contribution >= 4 is 28.5 Å². The summed E-state index contributed by atoms with van der Waals surface area (Å²) in [6, 6.07) is 11.4. The average Bonchev–Trinajstić information content (AvgIpc) is 2.53. The first-order valence-corrected chi connectivity index (χ1v) is 7.35. The quantitative estimate of drug-likeness (QED) is 0.400. The van der Waals surface area contributed by atoms with E-state index in [1.807, 2.05) is 6.92 Å². The molecule has 3 aromatic rings. The maximum atomic E-state index is 12.1. The van der Waals surface area contributed by atoms with E-state index < -0.39 is 11.6 Å². The average molecular weight is 329 g/mol. The van der Waals surface area contributed by atoms with Gasteiger partial charge >= 0.3 is 11.6 Å². The Balaban J connectivity index is 1.95. The highest BCUT2D eigenvalue weighted by molar-refractivity contribution is 6.30. The Morgan fingerprint density at radius 2 is 1.74 bits per heavy atom. The predicted octanol–water partition coefficient (Wildman–Crippen LogP) is 4.28. The molecule has 2 aromatic carbocycles. The van der Waals surface area contributed by atoms with Gasteiger partial charge in [-0.2, -0.15) is 0 Å². The first-order valence-electron chi connectivity index (χ1n) is 6.97. The lowest BCUT2D eigenvalue weighted by molar-refractivity contribution is 0.0735. The van der Waals surface area contributed by atoms with Gasteiger partial charge in [-0.05, 0) is 55.8 Å². The van der Waals surface area contributed by atoms with Gasteiger partial charge in [0, 0.05) is 22.0 Å². The Hall–Kier alpha value is -2.59. The second-order valence-electron chi connectivity index (χ2n) is 5.19. The maximum Gasteiger partial charge on any atom is 0.343 e. The van der Waals surface area contributed by atoms with Gasteiger partial charge < -0.3 is 9.15 Å². The van der Waals surface area contributed by atoms with E-state index in [-0.39, 0.29) is 0 Å². The minimum atomic E-state index is -0.507. The molecule has 0 bridgehead atoms. The topological polar surface area (TPSA) is 56.5 Å². The van der Waals surface area contributed by atoms with Crippen molar-refractivity contribution in [2.75, 3.05) is 0 Å². The molecule has 0 aliphatic heterocycles. The number of carbonyl (C=O) groups is 1. The van der Waals surface area contributed by atoms with Gasteiger partial charge in [0.25, 0.3) is 0 Å². The molecule has 0 spiro atoms. The zero-order chi connectivity index (χ0) is 16.6. The Morgan fingerprint density at radius 3 is 2.43 bits per heavy atom. The Kier molecular flexibility index (Phi) is 3.92. The Bertz CT molecular complexity index is 955. The van der Waals surface area contributed by atoms with Crippen LogP contribution in [0.15, 0.2) is 51.7 Å². The molecule has 1 aromatic heterocycles. The fourth-order valence-corrected chi connectivity index (χ4v) is 2.37. The SMILES string of the molecule is Cc1c(C)c2ccc(OC(=O)c3ccc(Cl)cc3)cc2oc1=O. The van der Waals surface area contributed by atoms with E-state index in [4.69, 9.17) is 20.8 Å². The van der Waals surface area contributed by atoms with Gasteiger partial charge in [-0.3, -0.25) is 0 Å². The van der Waals surface area contributed by atoms with Crippen molar-refractivity contribution in [1.82, 2.24) is 0 Å². The van der Waals surface area contributed by atoms with E-state index in [0.717, 1.165) is 10.9 Å². The first kappa shape index (κ1) is 15.3. The Morgan fingerprint density at radius 1 is 1.04 bits per heavy atom. The summed E-state index contributed by atoms with van der Waals surface area (Å²) >= 11 is 5.79. The van der Waals surface area contributed by atoms with Gasteiger partial charge in [0.1, 0.15) is 11.3 Å². The van der Waals surface area contributed by atoms with Crippen LogP contribution in [0.3, 0.4) is 0 Å². The Labute approximate surface area is 137 Å². The van der Waals surface area contributed by atoms with Gasteiger partial charge in [0.2, 0.25) is 0 Å². The summed E-state index contributed by atoms with van der Waals surface area (Å²) in [7, 11) is 0. The van der Waals surface area contributed by atoms with E-state index >= 15 is 0 Å². The van der Waals surface area contributed by atoms with Crippen molar-refractivity contribution in [3.05, 3.63) is 74.6 Å². The van der Waals surface area contributed by atoms with Crippen LogP contribution < -0.4 is 10.4 Å². The van der Waals surface area contributed by atoms with Crippen LogP contribution in [0.2, 0.25) is 5.02 Å². The van der Waals surface area contributed by atoms with Gasteiger partial charge in [-0.1, -0.05) is 11.6 Å². The largest absolute Gasteiger partial charge is 0.423 e. The van der Waals surface area contributed by atoms with Gasteiger partial charge in [-0.25, -0.2) is 9.59 Å². The molecule has 0 atom stereocenters. The maximum absolute atomic E-state index is 12.1. The number of hydrogen-bond acceptors (Lipinski definition) is 4. The van der Waals surface area contributed by atoms with Crippen LogP contribution in [-0.4, -0.2) is 5.97 Å². The van der Waals surface area contributed by atoms with Gasteiger partial charge in [0.05, 0.1) is 5.56 Å². The molecule has 0 aliphatic carbocycles. The minimum Gasteiger partial charge on any atom is -0.423 e. The summed E-state index contributed by atoms with van der Waals surface area (Å²) in [5, 5.41) is 1.35. The lowest BCUT2D eigenvalue weighted by Gasteiger charge is -2.07. The lowest BCUT2D eigenvalue weighted by Crippen LogP contribution is -2.09. The molecule has 0 radical (unpaired) electrons. The van der Waals surface area contributed by atoms with E-state index in [1.54, 1.807) is 43.3 Å². The summed E-state index contributed by atoms with van der Waals surface area (Å²) in [5.74, 6) is -0.198. The molecular formula is C18H13ClO4. The summed E-state index contributed by atoms with van der Waals surface area (Å²) in [5.41, 5.74) is 1.81. The molecule has 0 aliphatic rings. The van der Waals surface area contributed by atoms with Crippen LogP contribution in [0.5, 0.6) is 5.75 Å². The molecule has 0 N–H and O–H groups in total. The van der Waals surface area contributed by atoms with Crippen LogP contribution in [0, 0.1) is 13.8 Å². The van der Waals surface area contributed by atoms with Crippen molar-refractivity contribution in [3.63, 3.8) is 0 Å². The van der Waals surface area contributed by atoms with Crippen LogP contribution >= 0.6 is 11.6 Å². The number of ether oxygens (including phenoxy) is 1. The molecule has 0 amide bonds. The monoisotopic (exact) mass is 328 g/mol. The standard InChI is InChI=1S/C18H13ClO4/c1-10-11(2)17(20)23-16-9-14(7-8-15(10)16)22-18(21)12-3-5-13(19)6-4-12/h3-9H,1-2H3. The molecule has 4 nitrogen and oxygen atoms in total. The molecular weight excluding hydrogens is 316 g/mol. The number of rotatable bonds is 2. The smallest absolute Gasteiger partial charge is 0.343 e. The highest BCUT2D eigenvalue weighted by Crippen LogP contribution is 2.24. The number of esters is 1. The number of carbonyl (C=O) groups excluding carboxylic acids is 1. The molecule has 0 saturated heterocycles. The highest BCUT2D eigenvalue weighted by atomic mass is 35.5. The van der Waals surface area contributed by atoms with E-state index in [9.17, 15) is 9.59 Å². The summed E-state index contributed by atoms with van der Waals surface area (Å²) in [6.07, 6.45) is 0. The molecule has 5 heteroatoms. The predicted molar refractivity (Wildman–Crippen MR) is 88.4 cm³/mol. The third-order valence-corrected chi connectivity index (χ3v) is 3.97. The number of halogens is 1. The van der Waals surface area contributed by atoms with Crippen LogP contribution in [-0.2, 0) is 0 Å². The zero-order valence-electron chi connectivity index (χ0n) is 12.6. The van der Waals surface area contributed by atoms with E-state index in [1.165, 1.54) is 6.07 Å². The highest BCUT2D eigenvalue weighted by Gasteiger charge is 2.12. The van der Waals surface area contributed by atoms with Crippen molar-refractivity contribution in [2.45, 2.75) is 13.8 Å². The second kappa shape index (κ2) is 5.89. The molecule has 0 fully saturated rings. The fourth-order valence-electron chi connectivity index (χ4n) is 2.24. The summed E-state index contributed by atoms with van der Waals surface area (Å²) < 4.78 is 10.6. The molecule has 23 heavy (non-hydrogen) atoms. The number of hydrogen-bond donors (Lipinski definition) is 0. The zero-order valence-corrected chi connectivity index (χ0v) is 13.3. The number of fused-ring (bicyclic) bond motifs is 1. The van der Waals surface area contributed by atoms with E-state index in [2.05, 4.69) is 0 Å². The fraction of sp³-hybridized carbons (Fsp3) is 0.111. The number of aryl methyl sites for hydroxylation is 1. The normalized spacial score (nSPS) is 10.7. The lowest BCUT2D eigenvalue weighted by atomic mass is 10.1. The molecule has 3 rings (SSSR count).